The van der Waals surface area contributed by atoms with Crippen LogP contribution in [-0.4, -0.2) is 50.1 Å². The molecule has 3 rings (SSSR count). The van der Waals surface area contributed by atoms with Crippen molar-refractivity contribution in [3.05, 3.63) is 48.3 Å². The standard InChI is InChI=1S/C23H25N3O4/c1-4-17-7-6-8-18(13-17)26-23-19-14-21(30-12-10-28-5-2)22(29-11-9-27-3)15-20(19)24-16-25-23/h1,6-8,13-16H,5,9-12H2,2-3H3,(H,24,25,26). The van der Waals surface area contributed by atoms with Gasteiger partial charge in [-0.2, -0.15) is 0 Å². The summed E-state index contributed by atoms with van der Waals surface area (Å²) in [6.45, 7) is 4.34. The predicted molar refractivity (Wildman–Crippen MR) is 117 cm³/mol. The second kappa shape index (κ2) is 11.0. The Kier molecular flexibility index (Phi) is 7.84. The first kappa shape index (κ1) is 21.4. The molecule has 1 aromatic heterocycles. The normalized spacial score (nSPS) is 10.6. The van der Waals surface area contributed by atoms with Crippen LogP contribution in [0.5, 0.6) is 11.5 Å². The topological polar surface area (TPSA) is 74.7 Å². The molecule has 0 fully saturated rings. The number of hydrogen-bond donors (Lipinski definition) is 1. The van der Waals surface area contributed by atoms with Gasteiger partial charge < -0.3 is 24.3 Å². The highest BCUT2D eigenvalue weighted by atomic mass is 16.5. The first-order valence-corrected chi connectivity index (χ1v) is 9.70. The molecule has 7 heteroatoms. The molecule has 0 saturated carbocycles. The van der Waals surface area contributed by atoms with Crippen molar-refractivity contribution in [3.63, 3.8) is 0 Å². The first-order valence-electron chi connectivity index (χ1n) is 9.70. The Morgan fingerprint density at radius 1 is 1.00 bits per heavy atom. The summed E-state index contributed by atoms with van der Waals surface area (Å²) < 4.78 is 22.2. The molecular formula is C23H25N3O4. The van der Waals surface area contributed by atoms with Crippen molar-refractivity contribution in [2.75, 3.05) is 45.5 Å². The smallest absolute Gasteiger partial charge is 0.163 e. The molecule has 0 aliphatic heterocycles. The van der Waals surface area contributed by atoms with Crippen molar-refractivity contribution in [2.24, 2.45) is 0 Å². The zero-order valence-electron chi connectivity index (χ0n) is 17.2. The van der Waals surface area contributed by atoms with Gasteiger partial charge in [0.1, 0.15) is 25.4 Å². The van der Waals surface area contributed by atoms with E-state index >= 15 is 0 Å². The van der Waals surface area contributed by atoms with Gasteiger partial charge in [-0.25, -0.2) is 9.97 Å². The third-order valence-corrected chi connectivity index (χ3v) is 4.23. The second-order valence-electron chi connectivity index (χ2n) is 6.28. The van der Waals surface area contributed by atoms with E-state index in [4.69, 9.17) is 25.4 Å². The van der Waals surface area contributed by atoms with Crippen LogP contribution in [0.25, 0.3) is 10.9 Å². The van der Waals surface area contributed by atoms with Crippen LogP contribution >= 0.6 is 0 Å². The number of nitrogens with zero attached hydrogens (tertiary/aromatic N) is 2. The maximum atomic E-state index is 5.92. The van der Waals surface area contributed by atoms with Crippen LogP contribution in [0.3, 0.4) is 0 Å². The maximum Gasteiger partial charge on any atom is 0.163 e. The fraction of sp³-hybridized carbons (Fsp3) is 0.304. The largest absolute Gasteiger partial charge is 0.487 e. The van der Waals surface area contributed by atoms with Gasteiger partial charge in [-0.15, -0.1) is 6.42 Å². The lowest BCUT2D eigenvalue weighted by atomic mass is 10.2. The van der Waals surface area contributed by atoms with Gasteiger partial charge in [-0.1, -0.05) is 12.0 Å². The molecule has 7 nitrogen and oxygen atoms in total. The lowest BCUT2D eigenvalue weighted by molar-refractivity contribution is 0.106. The molecule has 0 aliphatic carbocycles. The summed E-state index contributed by atoms with van der Waals surface area (Å²) in [7, 11) is 1.63. The Bertz CT molecular complexity index is 1020. The third-order valence-electron chi connectivity index (χ3n) is 4.23. The monoisotopic (exact) mass is 407 g/mol. The third kappa shape index (κ3) is 5.60. The summed E-state index contributed by atoms with van der Waals surface area (Å²) in [5.74, 6) is 4.46. The Hall–Kier alpha value is -3.34. The summed E-state index contributed by atoms with van der Waals surface area (Å²) in [5, 5.41) is 4.11. The molecule has 0 saturated heterocycles. The van der Waals surface area contributed by atoms with Gasteiger partial charge in [0.15, 0.2) is 11.5 Å². The van der Waals surface area contributed by atoms with Crippen molar-refractivity contribution >= 4 is 22.4 Å². The van der Waals surface area contributed by atoms with E-state index in [1.54, 1.807) is 7.11 Å². The van der Waals surface area contributed by atoms with E-state index in [1.165, 1.54) is 6.33 Å². The van der Waals surface area contributed by atoms with E-state index in [2.05, 4.69) is 21.2 Å². The van der Waals surface area contributed by atoms with E-state index in [0.29, 0.717) is 50.4 Å². The summed E-state index contributed by atoms with van der Waals surface area (Å²) in [4.78, 5) is 8.78. The van der Waals surface area contributed by atoms with Gasteiger partial charge >= 0.3 is 0 Å². The lowest BCUT2D eigenvalue weighted by Gasteiger charge is -2.15. The number of hydrogen-bond acceptors (Lipinski definition) is 7. The number of benzene rings is 2. The number of ether oxygens (including phenoxy) is 4. The van der Waals surface area contributed by atoms with Crippen molar-refractivity contribution in [2.45, 2.75) is 6.92 Å². The van der Waals surface area contributed by atoms with Crippen molar-refractivity contribution in [1.82, 2.24) is 9.97 Å². The minimum atomic E-state index is 0.402. The Labute approximate surface area is 176 Å². The molecule has 1 heterocycles. The van der Waals surface area contributed by atoms with Crippen LogP contribution in [0.4, 0.5) is 11.5 Å². The predicted octanol–water partition coefficient (Wildman–Crippen LogP) is 3.80. The highest BCUT2D eigenvalue weighted by Crippen LogP contribution is 2.35. The van der Waals surface area contributed by atoms with Gasteiger partial charge in [0, 0.05) is 36.4 Å². The number of fused-ring (bicyclic) bond motifs is 1. The number of nitrogens with one attached hydrogen (secondary N) is 1. The van der Waals surface area contributed by atoms with Gasteiger partial charge in [0.2, 0.25) is 0 Å². The van der Waals surface area contributed by atoms with Gasteiger partial charge in [0.25, 0.3) is 0 Å². The molecule has 0 bridgehead atoms. The van der Waals surface area contributed by atoms with Crippen LogP contribution in [0.1, 0.15) is 12.5 Å². The van der Waals surface area contributed by atoms with Gasteiger partial charge in [0.05, 0.1) is 18.7 Å². The number of rotatable bonds is 11. The van der Waals surface area contributed by atoms with Crippen LogP contribution in [0, 0.1) is 12.3 Å². The number of aromatic nitrogens is 2. The fourth-order valence-corrected chi connectivity index (χ4v) is 2.80. The summed E-state index contributed by atoms with van der Waals surface area (Å²) in [5.41, 5.74) is 2.35. The van der Waals surface area contributed by atoms with E-state index in [9.17, 15) is 0 Å². The van der Waals surface area contributed by atoms with Gasteiger partial charge in [-0.3, -0.25) is 0 Å². The zero-order valence-corrected chi connectivity index (χ0v) is 17.2. The Morgan fingerprint density at radius 2 is 1.80 bits per heavy atom. The maximum absolute atomic E-state index is 5.92. The van der Waals surface area contributed by atoms with Crippen LogP contribution < -0.4 is 14.8 Å². The molecule has 0 spiro atoms. The lowest BCUT2D eigenvalue weighted by Crippen LogP contribution is -2.09. The zero-order chi connectivity index (χ0) is 21.2. The molecule has 0 unspecified atom stereocenters. The van der Waals surface area contributed by atoms with E-state index < -0.39 is 0 Å². The van der Waals surface area contributed by atoms with Crippen LogP contribution in [-0.2, 0) is 9.47 Å². The average molecular weight is 407 g/mol. The van der Waals surface area contributed by atoms with Crippen molar-refractivity contribution in [3.8, 4) is 23.8 Å². The number of terminal acetylenes is 1. The summed E-state index contributed by atoms with van der Waals surface area (Å²) in [6.07, 6.45) is 7.01. The van der Waals surface area contributed by atoms with Gasteiger partial charge in [-0.05, 0) is 31.2 Å². The molecule has 156 valence electrons. The minimum absolute atomic E-state index is 0.402. The molecule has 0 atom stereocenters. The minimum Gasteiger partial charge on any atom is -0.487 e. The average Bonchev–Trinajstić information content (AvgIpc) is 2.77. The Morgan fingerprint density at radius 3 is 2.57 bits per heavy atom. The van der Waals surface area contributed by atoms with Crippen molar-refractivity contribution in [1.29, 1.82) is 0 Å². The van der Waals surface area contributed by atoms with E-state index in [-0.39, 0.29) is 0 Å². The highest BCUT2D eigenvalue weighted by Gasteiger charge is 2.13. The second-order valence-corrected chi connectivity index (χ2v) is 6.28. The quantitative estimate of drug-likeness (QED) is 0.383. The van der Waals surface area contributed by atoms with Crippen molar-refractivity contribution < 1.29 is 18.9 Å². The molecule has 3 aromatic rings. The summed E-state index contributed by atoms with van der Waals surface area (Å²) in [6, 6.07) is 11.3. The Balaban J connectivity index is 1.93. The first-order chi connectivity index (χ1) is 14.7. The SMILES string of the molecule is C#Cc1cccc(Nc2ncnc3cc(OCCOC)c(OCCOCC)cc23)c1. The summed E-state index contributed by atoms with van der Waals surface area (Å²) >= 11 is 0. The molecule has 0 radical (unpaired) electrons. The molecule has 0 amide bonds. The molecule has 2 aromatic carbocycles. The van der Waals surface area contributed by atoms with Crippen LogP contribution in [0.15, 0.2) is 42.7 Å². The fourth-order valence-electron chi connectivity index (χ4n) is 2.80. The van der Waals surface area contributed by atoms with E-state index in [0.717, 1.165) is 22.2 Å². The number of methoxy groups -OCH3 is 1. The van der Waals surface area contributed by atoms with E-state index in [1.807, 2.05) is 43.3 Å². The molecule has 0 aliphatic rings. The molecule has 1 N–H and O–H groups in total. The molecular weight excluding hydrogens is 382 g/mol. The number of anilines is 2. The highest BCUT2D eigenvalue weighted by molar-refractivity contribution is 5.93. The van der Waals surface area contributed by atoms with Crippen LogP contribution in [0.2, 0.25) is 0 Å². The molecule has 30 heavy (non-hydrogen) atoms.